The van der Waals surface area contributed by atoms with Gasteiger partial charge in [0.05, 0.1) is 6.20 Å². The molecule has 4 nitrogen and oxygen atoms in total. The van der Waals surface area contributed by atoms with Gasteiger partial charge in [0.25, 0.3) is 0 Å². The molecule has 17 heavy (non-hydrogen) atoms. The zero-order valence-corrected chi connectivity index (χ0v) is 9.31. The van der Waals surface area contributed by atoms with Gasteiger partial charge < -0.3 is 5.32 Å². The van der Waals surface area contributed by atoms with Crippen molar-refractivity contribution in [3.63, 3.8) is 0 Å². The zero-order valence-electron chi connectivity index (χ0n) is 9.31. The molecule has 0 spiro atoms. The van der Waals surface area contributed by atoms with Crippen LogP contribution in [0.5, 0.6) is 0 Å². The van der Waals surface area contributed by atoms with Crippen molar-refractivity contribution in [3.8, 4) is 0 Å². The van der Waals surface area contributed by atoms with Gasteiger partial charge in [-0.3, -0.25) is 9.89 Å². The number of rotatable bonds is 2. The number of carbonyl (C=O) groups is 1. The number of fused-ring (bicyclic) bond motifs is 1. The van der Waals surface area contributed by atoms with E-state index in [2.05, 4.69) is 27.6 Å². The van der Waals surface area contributed by atoms with Crippen LogP contribution in [-0.2, 0) is 11.2 Å². The Labute approximate surface area is 99.1 Å². The number of aromatic amines is 1. The highest BCUT2D eigenvalue weighted by atomic mass is 16.1. The van der Waals surface area contributed by atoms with Gasteiger partial charge in [-0.15, -0.1) is 0 Å². The normalized spacial score (nSPS) is 18.6. The van der Waals surface area contributed by atoms with Crippen LogP contribution in [0.3, 0.4) is 0 Å². The molecule has 0 radical (unpaired) electrons. The van der Waals surface area contributed by atoms with E-state index in [-0.39, 0.29) is 11.8 Å². The Kier molecular flexibility index (Phi) is 2.40. The molecule has 4 heteroatoms. The Morgan fingerprint density at radius 3 is 2.94 bits per heavy atom. The first-order valence-corrected chi connectivity index (χ1v) is 5.70. The van der Waals surface area contributed by atoms with E-state index in [0.717, 1.165) is 17.8 Å². The average molecular weight is 227 g/mol. The van der Waals surface area contributed by atoms with Crippen LogP contribution in [0.4, 0.5) is 5.82 Å². The molecule has 0 aliphatic carbocycles. The molecule has 86 valence electrons. The molecule has 1 aromatic carbocycles. The standard InChI is InChI=1S/C13H13N3O/c17-12-7-10(6-9-4-2-1-3-5-9)11-8-14-16-13(11)15-12/h1-5,8,10H,6-7H2,(H2,14,15,16,17). The third-order valence-electron chi connectivity index (χ3n) is 3.13. The maximum absolute atomic E-state index is 11.6. The maximum atomic E-state index is 11.6. The summed E-state index contributed by atoms with van der Waals surface area (Å²) in [5, 5.41) is 9.61. The Hall–Kier alpha value is -2.10. The monoisotopic (exact) mass is 227 g/mol. The highest BCUT2D eigenvalue weighted by Gasteiger charge is 2.26. The third-order valence-corrected chi connectivity index (χ3v) is 3.13. The molecule has 0 saturated carbocycles. The highest BCUT2D eigenvalue weighted by Crippen LogP contribution is 2.32. The van der Waals surface area contributed by atoms with Crippen LogP contribution in [0.25, 0.3) is 0 Å². The van der Waals surface area contributed by atoms with Gasteiger partial charge in [0.1, 0.15) is 5.82 Å². The summed E-state index contributed by atoms with van der Waals surface area (Å²) in [6, 6.07) is 10.2. The Morgan fingerprint density at radius 1 is 1.29 bits per heavy atom. The van der Waals surface area contributed by atoms with Gasteiger partial charge in [-0.1, -0.05) is 30.3 Å². The molecule has 2 N–H and O–H groups in total. The van der Waals surface area contributed by atoms with E-state index in [0.29, 0.717) is 6.42 Å². The first kappa shape index (κ1) is 10.1. The van der Waals surface area contributed by atoms with Crippen molar-refractivity contribution in [1.29, 1.82) is 0 Å². The van der Waals surface area contributed by atoms with Crippen LogP contribution in [0.15, 0.2) is 36.5 Å². The number of nitrogens with one attached hydrogen (secondary N) is 2. The van der Waals surface area contributed by atoms with E-state index in [1.54, 1.807) is 0 Å². The van der Waals surface area contributed by atoms with Crippen molar-refractivity contribution in [2.45, 2.75) is 18.8 Å². The number of amides is 1. The van der Waals surface area contributed by atoms with Crippen molar-refractivity contribution >= 4 is 11.7 Å². The predicted octanol–water partition coefficient (Wildman–Crippen LogP) is 2.08. The lowest BCUT2D eigenvalue weighted by molar-refractivity contribution is -0.116. The fraction of sp³-hybridized carbons (Fsp3) is 0.231. The molecule has 0 bridgehead atoms. The minimum absolute atomic E-state index is 0.0580. The SMILES string of the molecule is O=C1CC(Cc2ccccc2)c2cn[nH]c2N1. The summed E-state index contributed by atoms with van der Waals surface area (Å²) in [6.45, 7) is 0. The summed E-state index contributed by atoms with van der Waals surface area (Å²) >= 11 is 0. The smallest absolute Gasteiger partial charge is 0.226 e. The lowest BCUT2D eigenvalue weighted by atomic mass is 9.88. The first-order chi connectivity index (χ1) is 8.33. The summed E-state index contributed by atoms with van der Waals surface area (Å²) < 4.78 is 0. The Balaban J connectivity index is 1.88. The second kappa shape index (κ2) is 4.05. The topological polar surface area (TPSA) is 57.8 Å². The summed E-state index contributed by atoms with van der Waals surface area (Å²) in [6.07, 6.45) is 3.21. The number of aromatic nitrogens is 2. The lowest BCUT2D eigenvalue weighted by Crippen LogP contribution is -2.23. The molecule has 1 unspecified atom stereocenters. The van der Waals surface area contributed by atoms with Gasteiger partial charge in [-0.2, -0.15) is 5.10 Å². The van der Waals surface area contributed by atoms with Crippen LogP contribution in [0.1, 0.15) is 23.5 Å². The Bertz CT molecular complexity index is 533. The van der Waals surface area contributed by atoms with E-state index >= 15 is 0 Å². The minimum Gasteiger partial charge on any atom is -0.311 e. The lowest BCUT2D eigenvalue weighted by Gasteiger charge is -2.21. The number of nitrogens with zero attached hydrogens (tertiary/aromatic N) is 1. The summed E-state index contributed by atoms with van der Waals surface area (Å²) in [5.41, 5.74) is 2.35. The predicted molar refractivity (Wildman–Crippen MR) is 64.7 cm³/mol. The van der Waals surface area contributed by atoms with Gasteiger partial charge in [0.2, 0.25) is 5.91 Å². The van der Waals surface area contributed by atoms with Gasteiger partial charge in [0, 0.05) is 17.9 Å². The Morgan fingerprint density at radius 2 is 2.12 bits per heavy atom. The van der Waals surface area contributed by atoms with E-state index in [9.17, 15) is 4.79 Å². The van der Waals surface area contributed by atoms with E-state index < -0.39 is 0 Å². The maximum Gasteiger partial charge on any atom is 0.226 e. The number of hydrogen-bond acceptors (Lipinski definition) is 2. The third kappa shape index (κ3) is 1.93. The van der Waals surface area contributed by atoms with Crippen molar-refractivity contribution in [1.82, 2.24) is 10.2 Å². The largest absolute Gasteiger partial charge is 0.311 e. The summed E-state index contributed by atoms with van der Waals surface area (Å²) in [4.78, 5) is 11.6. The van der Waals surface area contributed by atoms with Gasteiger partial charge in [-0.25, -0.2) is 0 Å². The first-order valence-electron chi connectivity index (χ1n) is 5.70. The number of benzene rings is 1. The second-order valence-electron chi connectivity index (χ2n) is 4.34. The molecule has 1 aromatic heterocycles. The molecule has 2 aromatic rings. The molecule has 1 aliphatic heterocycles. The molecular weight excluding hydrogens is 214 g/mol. The molecule has 0 fully saturated rings. The quantitative estimate of drug-likeness (QED) is 0.825. The van der Waals surface area contributed by atoms with Crippen LogP contribution in [0, 0.1) is 0 Å². The minimum atomic E-state index is 0.0580. The number of H-pyrrole nitrogens is 1. The molecule has 3 rings (SSSR count). The van der Waals surface area contributed by atoms with Crippen LogP contribution in [0.2, 0.25) is 0 Å². The molecular formula is C13H13N3O. The van der Waals surface area contributed by atoms with Crippen molar-refractivity contribution < 1.29 is 4.79 Å². The van der Waals surface area contributed by atoms with Crippen LogP contribution in [-0.4, -0.2) is 16.1 Å². The van der Waals surface area contributed by atoms with Crippen molar-refractivity contribution in [2.24, 2.45) is 0 Å². The van der Waals surface area contributed by atoms with Crippen LogP contribution < -0.4 is 5.32 Å². The fourth-order valence-corrected chi connectivity index (χ4v) is 2.31. The van der Waals surface area contributed by atoms with Gasteiger partial charge in [-0.05, 0) is 12.0 Å². The molecule has 1 atom stereocenters. The van der Waals surface area contributed by atoms with E-state index in [4.69, 9.17) is 0 Å². The average Bonchev–Trinajstić information content (AvgIpc) is 2.78. The molecule has 2 heterocycles. The summed E-state index contributed by atoms with van der Waals surface area (Å²) in [5.74, 6) is 1.03. The number of hydrogen-bond donors (Lipinski definition) is 2. The van der Waals surface area contributed by atoms with E-state index in [1.165, 1.54) is 5.56 Å². The van der Waals surface area contributed by atoms with E-state index in [1.807, 2.05) is 24.4 Å². The second-order valence-corrected chi connectivity index (χ2v) is 4.34. The molecule has 1 amide bonds. The highest BCUT2D eigenvalue weighted by molar-refractivity contribution is 5.93. The summed E-state index contributed by atoms with van der Waals surface area (Å²) in [7, 11) is 0. The van der Waals surface area contributed by atoms with Crippen molar-refractivity contribution in [3.05, 3.63) is 47.7 Å². The van der Waals surface area contributed by atoms with Gasteiger partial charge in [0.15, 0.2) is 0 Å². The fourth-order valence-electron chi connectivity index (χ4n) is 2.31. The zero-order chi connectivity index (χ0) is 11.7. The molecule has 0 saturated heterocycles. The van der Waals surface area contributed by atoms with Crippen molar-refractivity contribution in [2.75, 3.05) is 5.32 Å². The van der Waals surface area contributed by atoms with Crippen LogP contribution >= 0.6 is 0 Å². The van der Waals surface area contributed by atoms with Gasteiger partial charge >= 0.3 is 0 Å². The number of carbonyl (C=O) groups excluding carboxylic acids is 1. The molecule has 1 aliphatic rings. The number of anilines is 1.